The number of ether oxygens (including phenoxy) is 2. The van der Waals surface area contributed by atoms with Crippen molar-refractivity contribution in [1.29, 1.82) is 0 Å². The number of hydrogen-bond donors (Lipinski definition) is 0. The van der Waals surface area contributed by atoms with Crippen molar-refractivity contribution in [3.8, 4) is 0 Å². The van der Waals surface area contributed by atoms with Crippen LogP contribution in [0.15, 0.2) is 11.8 Å². The predicted octanol–water partition coefficient (Wildman–Crippen LogP) is 4.20. The smallest absolute Gasteiger partial charge is 0.0874 e. The second-order valence-corrected chi connectivity index (χ2v) is 5.45. The van der Waals surface area contributed by atoms with Crippen LogP contribution in [0.3, 0.4) is 0 Å². The van der Waals surface area contributed by atoms with Crippen LogP contribution < -0.4 is 0 Å². The zero-order chi connectivity index (χ0) is 12.0. The molecule has 17 heavy (non-hydrogen) atoms. The minimum atomic E-state index is 0.184. The van der Waals surface area contributed by atoms with Crippen LogP contribution in [0.4, 0.5) is 0 Å². The molecule has 0 radical (unpaired) electrons. The van der Waals surface area contributed by atoms with Crippen LogP contribution in [-0.4, -0.2) is 18.8 Å². The molecule has 2 heteroatoms. The van der Waals surface area contributed by atoms with Crippen LogP contribution in [0.1, 0.15) is 64.7 Å². The Labute approximate surface area is 105 Å². The number of rotatable bonds is 6. The lowest BCUT2D eigenvalue weighted by atomic mass is 9.92. The number of hydrogen-bond acceptors (Lipinski definition) is 2. The van der Waals surface area contributed by atoms with Gasteiger partial charge in [0.15, 0.2) is 0 Å². The SMILES string of the molecule is CCC1(CCCOC=C2CCCC2)CCCO1. The summed E-state index contributed by atoms with van der Waals surface area (Å²) in [5.74, 6) is 0. The number of allylic oxidation sites excluding steroid dienone is 1. The second-order valence-electron chi connectivity index (χ2n) is 5.45. The molecule has 1 saturated carbocycles. The lowest BCUT2D eigenvalue weighted by Gasteiger charge is -2.26. The summed E-state index contributed by atoms with van der Waals surface area (Å²) in [6, 6.07) is 0. The first-order valence-electron chi connectivity index (χ1n) is 7.28. The van der Waals surface area contributed by atoms with Gasteiger partial charge >= 0.3 is 0 Å². The van der Waals surface area contributed by atoms with E-state index in [1.54, 1.807) is 0 Å². The van der Waals surface area contributed by atoms with Gasteiger partial charge in [-0.3, -0.25) is 0 Å². The van der Waals surface area contributed by atoms with E-state index in [2.05, 4.69) is 6.92 Å². The van der Waals surface area contributed by atoms with Gasteiger partial charge in [-0.05, 0) is 63.4 Å². The van der Waals surface area contributed by atoms with Crippen LogP contribution >= 0.6 is 0 Å². The van der Waals surface area contributed by atoms with Gasteiger partial charge in [0, 0.05) is 6.61 Å². The van der Waals surface area contributed by atoms with Gasteiger partial charge in [0.1, 0.15) is 0 Å². The maximum absolute atomic E-state index is 5.90. The zero-order valence-corrected chi connectivity index (χ0v) is 11.2. The Hall–Kier alpha value is -0.500. The predicted molar refractivity (Wildman–Crippen MR) is 69.9 cm³/mol. The van der Waals surface area contributed by atoms with Gasteiger partial charge in [-0.2, -0.15) is 0 Å². The van der Waals surface area contributed by atoms with Crippen LogP contribution in [0.5, 0.6) is 0 Å². The van der Waals surface area contributed by atoms with Gasteiger partial charge in [-0.25, -0.2) is 0 Å². The van der Waals surface area contributed by atoms with Crippen molar-refractivity contribution in [3.63, 3.8) is 0 Å². The molecule has 0 aromatic rings. The summed E-state index contributed by atoms with van der Waals surface area (Å²) in [6.07, 6.45) is 13.1. The average Bonchev–Trinajstić information content (AvgIpc) is 3.00. The topological polar surface area (TPSA) is 18.5 Å². The highest BCUT2D eigenvalue weighted by Crippen LogP contribution is 2.33. The van der Waals surface area contributed by atoms with E-state index in [0.29, 0.717) is 0 Å². The standard InChI is InChI=1S/C15H26O2/c1-2-15(10-6-12-17-15)9-5-11-16-13-14-7-3-4-8-14/h13H,2-12H2,1H3. The van der Waals surface area contributed by atoms with E-state index in [1.807, 2.05) is 6.26 Å². The van der Waals surface area contributed by atoms with E-state index in [9.17, 15) is 0 Å². The van der Waals surface area contributed by atoms with E-state index in [4.69, 9.17) is 9.47 Å². The lowest BCUT2D eigenvalue weighted by Crippen LogP contribution is -2.26. The van der Waals surface area contributed by atoms with Gasteiger partial charge in [0.05, 0.1) is 18.5 Å². The molecule has 2 fully saturated rings. The summed E-state index contributed by atoms with van der Waals surface area (Å²) in [4.78, 5) is 0. The fourth-order valence-electron chi connectivity index (χ4n) is 3.01. The van der Waals surface area contributed by atoms with Crippen LogP contribution in [0, 0.1) is 0 Å². The maximum Gasteiger partial charge on any atom is 0.0874 e. The largest absolute Gasteiger partial charge is 0.501 e. The molecule has 1 unspecified atom stereocenters. The molecule has 1 aliphatic heterocycles. The van der Waals surface area contributed by atoms with Gasteiger partial charge in [-0.1, -0.05) is 6.92 Å². The molecular weight excluding hydrogens is 212 g/mol. The van der Waals surface area contributed by atoms with Gasteiger partial charge in [0.25, 0.3) is 0 Å². The Bertz CT molecular complexity index is 244. The Morgan fingerprint density at radius 3 is 2.76 bits per heavy atom. The third-order valence-electron chi connectivity index (χ3n) is 4.22. The molecule has 2 aliphatic rings. The van der Waals surface area contributed by atoms with E-state index in [1.165, 1.54) is 44.1 Å². The van der Waals surface area contributed by atoms with E-state index in [0.717, 1.165) is 32.5 Å². The van der Waals surface area contributed by atoms with E-state index >= 15 is 0 Å². The highest BCUT2D eigenvalue weighted by Gasteiger charge is 2.32. The molecule has 0 aromatic heterocycles. The second kappa shape index (κ2) is 6.44. The molecule has 0 spiro atoms. The first-order chi connectivity index (χ1) is 8.35. The summed E-state index contributed by atoms with van der Waals surface area (Å²) in [7, 11) is 0. The van der Waals surface area contributed by atoms with Crippen molar-refractivity contribution in [3.05, 3.63) is 11.8 Å². The van der Waals surface area contributed by atoms with Crippen molar-refractivity contribution in [2.24, 2.45) is 0 Å². The molecule has 1 aliphatic carbocycles. The van der Waals surface area contributed by atoms with E-state index in [-0.39, 0.29) is 5.60 Å². The van der Waals surface area contributed by atoms with Crippen molar-refractivity contribution in [2.45, 2.75) is 70.3 Å². The third kappa shape index (κ3) is 3.74. The monoisotopic (exact) mass is 238 g/mol. The molecule has 2 rings (SSSR count). The summed E-state index contributed by atoms with van der Waals surface area (Å²) in [6.45, 7) is 4.06. The Morgan fingerprint density at radius 2 is 2.12 bits per heavy atom. The van der Waals surface area contributed by atoms with Crippen LogP contribution in [0.25, 0.3) is 0 Å². The fraction of sp³-hybridized carbons (Fsp3) is 0.867. The normalized spacial score (nSPS) is 28.6. The van der Waals surface area contributed by atoms with E-state index < -0.39 is 0 Å². The molecule has 1 atom stereocenters. The molecule has 98 valence electrons. The Morgan fingerprint density at radius 1 is 1.29 bits per heavy atom. The van der Waals surface area contributed by atoms with Gasteiger partial charge in [-0.15, -0.1) is 0 Å². The molecule has 1 heterocycles. The highest BCUT2D eigenvalue weighted by atomic mass is 16.5. The van der Waals surface area contributed by atoms with Crippen molar-refractivity contribution in [1.82, 2.24) is 0 Å². The minimum Gasteiger partial charge on any atom is -0.501 e. The molecular formula is C15H26O2. The molecule has 0 N–H and O–H groups in total. The van der Waals surface area contributed by atoms with Crippen LogP contribution in [0.2, 0.25) is 0 Å². The summed E-state index contributed by atoms with van der Waals surface area (Å²) in [5.41, 5.74) is 1.69. The average molecular weight is 238 g/mol. The minimum absolute atomic E-state index is 0.184. The molecule has 2 nitrogen and oxygen atoms in total. The van der Waals surface area contributed by atoms with Crippen molar-refractivity contribution >= 4 is 0 Å². The molecule has 0 bridgehead atoms. The first kappa shape index (κ1) is 12.9. The van der Waals surface area contributed by atoms with Crippen molar-refractivity contribution < 1.29 is 9.47 Å². The molecule has 0 amide bonds. The quantitative estimate of drug-likeness (QED) is 0.510. The van der Waals surface area contributed by atoms with Gasteiger partial charge < -0.3 is 9.47 Å². The summed E-state index contributed by atoms with van der Waals surface area (Å²) >= 11 is 0. The first-order valence-corrected chi connectivity index (χ1v) is 7.28. The summed E-state index contributed by atoms with van der Waals surface area (Å²) < 4.78 is 11.5. The molecule has 1 saturated heterocycles. The zero-order valence-electron chi connectivity index (χ0n) is 11.2. The molecule has 0 aromatic carbocycles. The highest BCUT2D eigenvalue weighted by molar-refractivity contribution is 5.02. The van der Waals surface area contributed by atoms with Crippen molar-refractivity contribution in [2.75, 3.05) is 13.2 Å². The Balaban J connectivity index is 1.60. The van der Waals surface area contributed by atoms with Crippen LogP contribution in [-0.2, 0) is 9.47 Å². The third-order valence-corrected chi connectivity index (χ3v) is 4.22. The maximum atomic E-state index is 5.90. The Kier molecular flexibility index (Phi) is 4.90. The fourth-order valence-corrected chi connectivity index (χ4v) is 3.01. The lowest BCUT2D eigenvalue weighted by molar-refractivity contribution is -0.0106. The summed E-state index contributed by atoms with van der Waals surface area (Å²) in [5, 5.41) is 0. The van der Waals surface area contributed by atoms with Gasteiger partial charge in [0.2, 0.25) is 0 Å².